The number of anilines is 1. The molecule has 1 amide bonds. The molecule has 2 aromatic rings. The van der Waals surface area contributed by atoms with Crippen molar-refractivity contribution in [2.24, 2.45) is 5.73 Å². The zero-order chi connectivity index (χ0) is 27.3. The monoisotopic (exact) mass is 513 g/mol. The molecule has 11 heteroatoms. The summed E-state index contributed by atoms with van der Waals surface area (Å²) in [7, 11) is 0. The average molecular weight is 514 g/mol. The summed E-state index contributed by atoms with van der Waals surface area (Å²) in [6.45, 7) is 5.08. The maximum absolute atomic E-state index is 12.9. The third-order valence-corrected chi connectivity index (χ3v) is 7.75. The van der Waals surface area contributed by atoms with E-state index in [1.165, 1.54) is 26.8 Å². The van der Waals surface area contributed by atoms with Crippen LogP contribution in [0.4, 0.5) is 10.5 Å². The fraction of sp³-hybridized carbons (Fsp3) is 0.423. The molecule has 7 N–H and O–H groups in total. The number of benzene rings is 2. The Morgan fingerprint density at radius 1 is 1.22 bits per heavy atom. The van der Waals surface area contributed by atoms with Crippen molar-refractivity contribution in [2.75, 3.05) is 11.9 Å². The number of phenolic OH excluding ortho intramolecular Hbond substituents is 1. The number of hydrogen-bond donors (Lipinski definition) is 6. The number of Topliss-reactive ketones (excluding diaryl/α,β-unsaturated/α-hetero) is 1. The Bertz CT molecular complexity index is 1240. The number of carbonyl (C=O) groups excluding carboxylic acids is 3. The number of carbonyl (C=O) groups is 3. The first kappa shape index (κ1) is 26.4. The van der Waals surface area contributed by atoms with Gasteiger partial charge in [0.25, 0.3) is 0 Å². The van der Waals surface area contributed by atoms with Crippen LogP contribution in [0.25, 0.3) is 0 Å². The Hall–Kier alpha value is -3.67. The van der Waals surface area contributed by atoms with E-state index in [4.69, 9.17) is 15.2 Å². The molecule has 1 saturated heterocycles. The summed E-state index contributed by atoms with van der Waals surface area (Å²) in [4.78, 5) is 37.0. The lowest BCUT2D eigenvalue weighted by molar-refractivity contribution is -0.177. The van der Waals surface area contributed by atoms with Gasteiger partial charge >= 0.3 is 12.1 Å². The van der Waals surface area contributed by atoms with E-state index in [0.29, 0.717) is 16.8 Å². The van der Waals surface area contributed by atoms with E-state index in [1.807, 2.05) is 0 Å². The quantitative estimate of drug-likeness (QED) is 0.243. The van der Waals surface area contributed by atoms with Gasteiger partial charge in [-0.2, -0.15) is 0 Å². The predicted molar refractivity (Wildman–Crippen MR) is 132 cm³/mol. The molecule has 1 saturated carbocycles. The zero-order valence-electron chi connectivity index (χ0n) is 20.9. The number of cyclic esters (lactones) is 1. The van der Waals surface area contributed by atoms with Crippen LogP contribution in [0.15, 0.2) is 42.5 Å². The second-order valence-electron chi connectivity index (χ2n) is 9.87. The van der Waals surface area contributed by atoms with Gasteiger partial charge in [-0.1, -0.05) is 24.3 Å². The minimum atomic E-state index is -2.28. The number of alkyl carbamates (subject to hydrolysis) is 1. The van der Waals surface area contributed by atoms with E-state index in [2.05, 4.69) is 10.6 Å². The number of ether oxygens (including phenoxy) is 2. The van der Waals surface area contributed by atoms with Crippen molar-refractivity contribution in [2.45, 2.75) is 62.6 Å². The standard InChI is InChI=1S/C26H31N3O8/c1-13-7-5-10-18(31)19(13)22(32)36-12-25(35)21(28-17-9-6-8-16(11-17)14(2)30)20(27)26(24(25,4)34)15(3)37-23(33)29-26/h5-11,15,20-21,28,31,34-35H,12,27H2,1-4H3,(H,29,33)/t15-,20-,21-,24-,25+,26-/m1/s1. The smallest absolute Gasteiger partial charge is 0.408 e. The van der Waals surface area contributed by atoms with Crippen LogP contribution in [0.3, 0.4) is 0 Å². The maximum Gasteiger partial charge on any atom is 0.408 e. The van der Waals surface area contributed by atoms with Gasteiger partial charge in [0.1, 0.15) is 35.2 Å². The van der Waals surface area contributed by atoms with Crippen molar-refractivity contribution < 1.29 is 39.2 Å². The number of aryl methyl sites for hydroxylation is 1. The summed E-state index contributed by atoms with van der Waals surface area (Å²) in [6, 6.07) is 8.61. The van der Waals surface area contributed by atoms with Gasteiger partial charge in [-0.05, 0) is 51.5 Å². The largest absolute Gasteiger partial charge is 0.507 e. The van der Waals surface area contributed by atoms with Gasteiger partial charge in [-0.25, -0.2) is 9.59 Å². The molecule has 37 heavy (non-hydrogen) atoms. The van der Waals surface area contributed by atoms with Crippen molar-refractivity contribution in [1.29, 1.82) is 0 Å². The summed E-state index contributed by atoms with van der Waals surface area (Å²) < 4.78 is 10.7. The summed E-state index contributed by atoms with van der Waals surface area (Å²) in [5.74, 6) is -1.41. The lowest BCUT2D eigenvalue weighted by Gasteiger charge is -2.44. The van der Waals surface area contributed by atoms with Gasteiger partial charge in [0.2, 0.25) is 0 Å². The summed E-state index contributed by atoms with van der Waals surface area (Å²) >= 11 is 0. The SMILES string of the molecule is CC(=O)c1cccc(N[C@@H]2[C@@H](N)[C@@]3(NC(=O)O[C@@H]3C)[C@](C)(O)[C@]2(O)COC(=O)c2c(C)cccc2O)c1. The van der Waals surface area contributed by atoms with E-state index in [9.17, 15) is 29.7 Å². The van der Waals surface area contributed by atoms with E-state index in [-0.39, 0.29) is 17.1 Å². The number of rotatable bonds is 6. The summed E-state index contributed by atoms with van der Waals surface area (Å²) in [5.41, 5.74) is 1.63. The lowest BCUT2D eigenvalue weighted by Crippen LogP contribution is -2.72. The van der Waals surface area contributed by atoms with Crippen LogP contribution in [0.5, 0.6) is 5.75 Å². The highest BCUT2D eigenvalue weighted by Gasteiger charge is 2.78. The van der Waals surface area contributed by atoms with Crippen molar-refractivity contribution >= 4 is 23.5 Å². The van der Waals surface area contributed by atoms with Gasteiger partial charge in [-0.15, -0.1) is 0 Å². The second-order valence-corrected chi connectivity index (χ2v) is 9.87. The molecule has 2 aromatic carbocycles. The Morgan fingerprint density at radius 2 is 1.89 bits per heavy atom. The molecule has 0 unspecified atom stereocenters. The number of amides is 1. The summed E-state index contributed by atoms with van der Waals surface area (Å²) in [5, 5.41) is 39.7. The Kier molecular flexibility index (Phi) is 6.43. The highest BCUT2D eigenvalue weighted by atomic mass is 16.6. The number of aliphatic hydroxyl groups is 2. The zero-order valence-corrected chi connectivity index (χ0v) is 20.9. The third-order valence-electron chi connectivity index (χ3n) is 7.75. The van der Waals surface area contributed by atoms with Crippen LogP contribution >= 0.6 is 0 Å². The Balaban J connectivity index is 1.75. The van der Waals surface area contributed by atoms with E-state index >= 15 is 0 Å². The topological polar surface area (TPSA) is 180 Å². The van der Waals surface area contributed by atoms with Crippen molar-refractivity contribution in [3.63, 3.8) is 0 Å². The molecule has 0 bridgehead atoms. The molecule has 2 fully saturated rings. The first-order valence-electron chi connectivity index (χ1n) is 11.8. The van der Waals surface area contributed by atoms with Gasteiger partial charge in [0.15, 0.2) is 11.4 Å². The predicted octanol–water partition coefficient (Wildman–Crippen LogP) is 1.23. The van der Waals surface area contributed by atoms with Crippen LogP contribution in [-0.2, 0) is 9.47 Å². The van der Waals surface area contributed by atoms with Gasteiger partial charge in [0, 0.05) is 11.3 Å². The molecule has 1 aliphatic heterocycles. The molecule has 198 valence electrons. The molecule has 4 rings (SSSR count). The van der Waals surface area contributed by atoms with Crippen LogP contribution in [0, 0.1) is 6.92 Å². The fourth-order valence-corrected chi connectivity index (χ4v) is 5.58. The van der Waals surface area contributed by atoms with E-state index in [1.54, 1.807) is 43.3 Å². The molecule has 1 heterocycles. The van der Waals surface area contributed by atoms with E-state index < -0.39 is 53.6 Å². The van der Waals surface area contributed by atoms with Gasteiger partial charge in [0.05, 0.1) is 12.1 Å². The van der Waals surface area contributed by atoms with Gasteiger partial charge in [-0.3, -0.25) is 4.79 Å². The van der Waals surface area contributed by atoms with Crippen LogP contribution < -0.4 is 16.4 Å². The van der Waals surface area contributed by atoms with Gasteiger partial charge < -0.3 is 41.2 Å². The highest BCUT2D eigenvalue weighted by Crippen LogP contribution is 2.51. The molecule has 11 nitrogen and oxygen atoms in total. The van der Waals surface area contributed by atoms with Crippen molar-refractivity contribution in [3.05, 3.63) is 59.2 Å². The molecule has 0 radical (unpaired) electrons. The number of hydrogen-bond acceptors (Lipinski definition) is 10. The lowest BCUT2D eigenvalue weighted by atomic mass is 9.74. The minimum Gasteiger partial charge on any atom is -0.507 e. The van der Waals surface area contributed by atoms with Crippen molar-refractivity contribution in [3.8, 4) is 5.75 Å². The van der Waals surface area contributed by atoms with Crippen LogP contribution in [0.1, 0.15) is 47.1 Å². The molecule has 1 spiro atoms. The number of nitrogens with two attached hydrogens (primary N) is 1. The van der Waals surface area contributed by atoms with E-state index in [0.717, 1.165) is 0 Å². The number of ketones is 1. The fourth-order valence-electron chi connectivity index (χ4n) is 5.58. The molecular formula is C26H31N3O8. The van der Waals surface area contributed by atoms with Crippen molar-refractivity contribution in [1.82, 2.24) is 5.32 Å². The Morgan fingerprint density at radius 3 is 2.49 bits per heavy atom. The summed E-state index contributed by atoms with van der Waals surface area (Å²) in [6.07, 6.45) is -1.80. The number of aromatic hydroxyl groups is 1. The van der Waals surface area contributed by atoms with Crippen LogP contribution in [-0.4, -0.2) is 74.7 Å². The Labute approximate surface area is 213 Å². The number of esters is 1. The number of phenols is 1. The maximum atomic E-state index is 12.9. The average Bonchev–Trinajstić information content (AvgIpc) is 3.20. The first-order valence-corrected chi connectivity index (χ1v) is 11.8. The first-order chi connectivity index (χ1) is 17.3. The molecular weight excluding hydrogens is 482 g/mol. The third kappa shape index (κ3) is 3.90. The molecule has 2 aliphatic rings. The second kappa shape index (κ2) is 9.02. The molecule has 1 aliphatic carbocycles. The van der Waals surface area contributed by atoms with Crippen LogP contribution in [0.2, 0.25) is 0 Å². The normalized spacial score (nSPS) is 32.6. The number of nitrogens with one attached hydrogen (secondary N) is 2. The molecule has 0 aromatic heterocycles. The minimum absolute atomic E-state index is 0.0905. The highest BCUT2D eigenvalue weighted by molar-refractivity contribution is 5.95. The molecule has 6 atom stereocenters.